The number of fused-ring (bicyclic) bond motifs is 1. The van der Waals surface area contributed by atoms with E-state index >= 15 is 0 Å². The van der Waals surface area contributed by atoms with E-state index in [1.807, 2.05) is 42.6 Å². The smallest absolute Gasteiger partial charge is 0.317 e. The number of rotatable bonds is 11. The average molecular weight is 464 g/mol. The van der Waals surface area contributed by atoms with Gasteiger partial charge < -0.3 is 20.3 Å². The van der Waals surface area contributed by atoms with Crippen LogP contribution in [0.1, 0.15) is 29.0 Å². The van der Waals surface area contributed by atoms with Crippen LogP contribution in [-0.4, -0.2) is 61.0 Å². The van der Waals surface area contributed by atoms with Gasteiger partial charge in [0.1, 0.15) is 12.4 Å². The number of nitrogens with one attached hydrogen (secondary N) is 3. The summed E-state index contributed by atoms with van der Waals surface area (Å²) in [6.45, 7) is 4.03. The molecule has 1 fully saturated rings. The zero-order valence-electron chi connectivity index (χ0n) is 18.9. The quantitative estimate of drug-likeness (QED) is 0.177. The summed E-state index contributed by atoms with van der Waals surface area (Å²) in [6.07, 6.45) is 5.83. The summed E-state index contributed by atoms with van der Waals surface area (Å²) in [4.78, 5) is 29.0. The lowest BCUT2D eigenvalue weighted by Gasteiger charge is -2.16. The highest BCUT2D eigenvalue weighted by Crippen LogP contribution is 2.36. The van der Waals surface area contributed by atoms with E-state index in [9.17, 15) is 9.59 Å². The Labute approximate surface area is 198 Å². The Morgan fingerprint density at radius 2 is 2.12 bits per heavy atom. The van der Waals surface area contributed by atoms with Crippen molar-refractivity contribution in [3.63, 3.8) is 0 Å². The number of ether oxygens (including phenoxy) is 1. The van der Waals surface area contributed by atoms with E-state index in [1.54, 1.807) is 16.5 Å². The molecule has 178 valence electrons. The predicted molar refractivity (Wildman–Crippen MR) is 130 cm³/mol. The molecular weight excluding hydrogens is 434 g/mol. The number of hydroxylamine groups is 1. The largest absolute Gasteiger partial charge is 0.492 e. The Kier molecular flexibility index (Phi) is 7.90. The highest BCUT2D eigenvalue weighted by atomic mass is 16.5. The zero-order chi connectivity index (χ0) is 23.8. The van der Waals surface area contributed by atoms with Crippen LogP contribution in [0, 0.1) is 0 Å². The summed E-state index contributed by atoms with van der Waals surface area (Å²) < 4.78 is 5.89. The van der Waals surface area contributed by atoms with Crippen LogP contribution in [0.5, 0.6) is 5.75 Å². The van der Waals surface area contributed by atoms with Crippen LogP contribution in [-0.2, 0) is 11.3 Å². The van der Waals surface area contributed by atoms with Gasteiger partial charge >= 0.3 is 6.03 Å². The van der Waals surface area contributed by atoms with Gasteiger partial charge in [0.15, 0.2) is 0 Å². The van der Waals surface area contributed by atoms with Crippen molar-refractivity contribution in [3.05, 3.63) is 65.2 Å². The van der Waals surface area contributed by atoms with Gasteiger partial charge in [-0.3, -0.25) is 15.0 Å². The van der Waals surface area contributed by atoms with Crippen molar-refractivity contribution in [2.24, 2.45) is 4.99 Å². The molecule has 1 saturated heterocycles. The lowest BCUT2D eigenvalue weighted by Crippen LogP contribution is -2.31. The molecule has 9 heteroatoms. The highest BCUT2D eigenvalue weighted by Gasteiger charge is 2.21. The molecule has 0 aromatic heterocycles. The number of urea groups is 1. The normalized spacial score (nSPS) is 16.7. The summed E-state index contributed by atoms with van der Waals surface area (Å²) in [5, 5.41) is 14.8. The number of carbonyl (C=O) groups excluding carboxylic acids is 2. The van der Waals surface area contributed by atoms with E-state index in [-0.39, 0.29) is 11.9 Å². The third-order valence-corrected chi connectivity index (χ3v) is 5.85. The van der Waals surface area contributed by atoms with Gasteiger partial charge in [0, 0.05) is 37.8 Å². The van der Waals surface area contributed by atoms with Gasteiger partial charge in [-0.05, 0) is 53.9 Å². The van der Waals surface area contributed by atoms with Crippen molar-refractivity contribution >= 4 is 29.9 Å². The first-order chi connectivity index (χ1) is 16.6. The van der Waals surface area contributed by atoms with Crippen LogP contribution in [0.3, 0.4) is 0 Å². The molecule has 2 aliphatic heterocycles. The van der Waals surface area contributed by atoms with E-state index in [1.165, 1.54) is 11.6 Å². The van der Waals surface area contributed by atoms with Crippen LogP contribution in [0.4, 0.5) is 10.5 Å². The summed E-state index contributed by atoms with van der Waals surface area (Å²) in [7, 11) is 0. The fourth-order valence-corrected chi connectivity index (χ4v) is 3.96. The number of carbonyl (C=O) groups is 2. The second kappa shape index (κ2) is 11.4. The minimum Gasteiger partial charge on any atom is -0.492 e. The molecule has 4 N–H and O–H groups in total. The van der Waals surface area contributed by atoms with Gasteiger partial charge in [-0.2, -0.15) is 0 Å². The molecule has 9 nitrogen and oxygen atoms in total. The summed E-state index contributed by atoms with van der Waals surface area (Å²) >= 11 is 0. The van der Waals surface area contributed by atoms with Gasteiger partial charge in [0.25, 0.3) is 5.91 Å². The lowest BCUT2D eigenvalue weighted by molar-refractivity contribution is -0.124. The fourth-order valence-electron chi connectivity index (χ4n) is 3.96. The monoisotopic (exact) mass is 463 g/mol. The molecule has 0 spiro atoms. The molecule has 1 atom stereocenters. The topological polar surface area (TPSA) is 115 Å². The third-order valence-electron chi connectivity index (χ3n) is 5.85. The average Bonchev–Trinajstić information content (AvgIpc) is 3.46. The van der Waals surface area contributed by atoms with Crippen LogP contribution in [0.2, 0.25) is 0 Å². The summed E-state index contributed by atoms with van der Waals surface area (Å²) in [5.41, 5.74) is 5.74. The van der Waals surface area contributed by atoms with Crippen molar-refractivity contribution in [1.82, 2.24) is 21.0 Å². The molecule has 0 bridgehead atoms. The van der Waals surface area contributed by atoms with Crippen molar-refractivity contribution in [2.75, 3.05) is 32.8 Å². The van der Waals surface area contributed by atoms with E-state index < -0.39 is 5.91 Å². The highest BCUT2D eigenvalue weighted by molar-refractivity contribution is 5.90. The maximum absolute atomic E-state index is 11.6. The predicted octanol–water partition coefficient (Wildman–Crippen LogP) is 2.59. The lowest BCUT2D eigenvalue weighted by atomic mass is 9.97. The maximum Gasteiger partial charge on any atom is 0.317 e. The van der Waals surface area contributed by atoms with Gasteiger partial charge in [-0.1, -0.05) is 24.3 Å². The molecule has 3 amide bonds. The van der Waals surface area contributed by atoms with E-state index in [0.29, 0.717) is 19.7 Å². The first-order valence-electron chi connectivity index (χ1n) is 11.4. The minimum atomic E-state index is -0.558. The number of hydrogen-bond donors (Lipinski definition) is 4. The minimum absolute atomic E-state index is 0.0293. The molecule has 2 heterocycles. The van der Waals surface area contributed by atoms with Crippen LogP contribution < -0.4 is 20.9 Å². The van der Waals surface area contributed by atoms with Crippen LogP contribution >= 0.6 is 0 Å². The molecule has 2 aliphatic rings. The second-order valence-corrected chi connectivity index (χ2v) is 8.19. The van der Waals surface area contributed by atoms with E-state index in [2.05, 4.69) is 21.7 Å². The maximum atomic E-state index is 11.6. The Balaban J connectivity index is 1.21. The SMILES string of the molecule is O=C(/C=C/c1ccc(CNCCC2C=Nc3ccc(OCCN4CCNC4=O)cc32)cc1)NO. The number of hydrogen-bond acceptors (Lipinski definition) is 6. The van der Waals surface area contributed by atoms with Crippen molar-refractivity contribution in [1.29, 1.82) is 0 Å². The van der Waals surface area contributed by atoms with Gasteiger partial charge in [0.05, 0.1) is 12.2 Å². The van der Waals surface area contributed by atoms with Crippen molar-refractivity contribution < 1.29 is 19.5 Å². The van der Waals surface area contributed by atoms with Crippen LogP contribution in [0.15, 0.2) is 53.5 Å². The summed E-state index contributed by atoms with van der Waals surface area (Å²) in [5.74, 6) is 0.477. The molecule has 0 aliphatic carbocycles. The van der Waals surface area contributed by atoms with Crippen molar-refractivity contribution in [3.8, 4) is 5.75 Å². The molecule has 1 unspecified atom stereocenters. The van der Waals surface area contributed by atoms with Gasteiger partial charge in [-0.25, -0.2) is 10.3 Å². The van der Waals surface area contributed by atoms with E-state index in [0.717, 1.165) is 48.6 Å². The van der Waals surface area contributed by atoms with E-state index in [4.69, 9.17) is 9.94 Å². The standard InChI is InChI=1S/C25H29N5O4/c31-24(29-33)8-5-18-1-3-19(4-2-18)16-26-10-9-20-17-28-23-7-6-21(15-22(20)23)34-14-13-30-12-11-27-25(30)32/h1-8,15,17,20,26,33H,9-14,16H2,(H,27,32)(H,29,31)/b8-5+. The molecule has 2 aromatic carbocycles. The van der Waals surface area contributed by atoms with Gasteiger partial charge in [0.2, 0.25) is 0 Å². The number of amides is 3. The molecule has 2 aromatic rings. The molecule has 0 saturated carbocycles. The first kappa shape index (κ1) is 23.5. The third kappa shape index (κ3) is 6.21. The number of benzene rings is 2. The summed E-state index contributed by atoms with van der Waals surface area (Å²) in [6, 6.07) is 13.8. The Morgan fingerprint density at radius 1 is 1.26 bits per heavy atom. The second-order valence-electron chi connectivity index (χ2n) is 8.19. The fraction of sp³-hybridized carbons (Fsp3) is 0.320. The Morgan fingerprint density at radius 3 is 2.88 bits per heavy atom. The molecule has 4 rings (SSSR count). The molecule has 34 heavy (non-hydrogen) atoms. The van der Waals surface area contributed by atoms with Gasteiger partial charge in [-0.15, -0.1) is 0 Å². The number of nitrogens with zero attached hydrogens (tertiary/aromatic N) is 2. The molecule has 0 radical (unpaired) electrons. The van der Waals surface area contributed by atoms with Crippen molar-refractivity contribution in [2.45, 2.75) is 18.9 Å². The number of aliphatic imine (C=N–C) groups is 1. The molecular formula is C25H29N5O4. The Bertz CT molecular complexity index is 1070. The van der Waals surface area contributed by atoms with Crippen LogP contribution in [0.25, 0.3) is 6.08 Å². The Hall–Kier alpha value is -3.69. The first-order valence-corrected chi connectivity index (χ1v) is 11.4. The zero-order valence-corrected chi connectivity index (χ0v) is 18.9.